The third kappa shape index (κ3) is 2.91. The zero-order valence-corrected chi connectivity index (χ0v) is 12.8. The van der Waals surface area contributed by atoms with Crippen molar-refractivity contribution < 1.29 is 5.11 Å². The molecule has 1 atom stereocenters. The Labute approximate surface area is 126 Å². The number of imidazole rings is 1. The summed E-state index contributed by atoms with van der Waals surface area (Å²) in [7, 11) is 0. The molecule has 3 N–H and O–H groups in total. The molecule has 0 aliphatic heterocycles. The van der Waals surface area contributed by atoms with Crippen LogP contribution in [-0.2, 0) is 0 Å². The molecule has 1 unspecified atom stereocenters. The van der Waals surface area contributed by atoms with Crippen molar-refractivity contribution in [1.82, 2.24) is 9.55 Å². The second-order valence-corrected chi connectivity index (χ2v) is 6.26. The number of aromatic nitrogens is 2. The van der Waals surface area contributed by atoms with Gasteiger partial charge in [-0.05, 0) is 38.0 Å². The largest absolute Gasteiger partial charge is 0.399 e. The molecule has 1 fully saturated rings. The van der Waals surface area contributed by atoms with E-state index in [4.69, 9.17) is 5.73 Å². The van der Waals surface area contributed by atoms with Crippen molar-refractivity contribution in [2.24, 2.45) is 0 Å². The molecule has 2 aromatic rings. The lowest BCUT2D eigenvalue weighted by Crippen LogP contribution is -2.15. The molecular weight excluding hydrogens is 262 g/mol. The molecule has 21 heavy (non-hydrogen) atoms. The molecule has 1 heterocycles. The molecule has 0 saturated heterocycles. The summed E-state index contributed by atoms with van der Waals surface area (Å²) < 4.78 is 2.27. The van der Waals surface area contributed by atoms with Crippen LogP contribution in [0.4, 0.5) is 5.69 Å². The van der Waals surface area contributed by atoms with Gasteiger partial charge in [0.05, 0.1) is 11.0 Å². The number of fused-ring (bicyclic) bond motifs is 1. The number of nitrogens with two attached hydrogens (primary N) is 1. The molecule has 3 rings (SSSR count). The molecule has 0 bridgehead atoms. The Bertz CT molecular complexity index is 610. The van der Waals surface area contributed by atoms with Gasteiger partial charge in [0.2, 0.25) is 0 Å². The normalized spacial score (nSPS) is 19.3. The quantitative estimate of drug-likeness (QED) is 0.822. The van der Waals surface area contributed by atoms with Crippen LogP contribution in [0.25, 0.3) is 11.0 Å². The Morgan fingerprint density at radius 1 is 1.19 bits per heavy atom. The minimum atomic E-state index is -0.552. The number of benzene rings is 1. The second-order valence-electron chi connectivity index (χ2n) is 6.26. The molecule has 1 aliphatic rings. The number of nitrogen functional groups attached to an aromatic ring is 1. The molecule has 1 saturated carbocycles. The lowest BCUT2D eigenvalue weighted by molar-refractivity contribution is 0.179. The Morgan fingerprint density at radius 2 is 1.86 bits per heavy atom. The molecule has 4 heteroatoms. The van der Waals surface area contributed by atoms with E-state index >= 15 is 0 Å². The van der Waals surface area contributed by atoms with Crippen LogP contribution >= 0.6 is 0 Å². The van der Waals surface area contributed by atoms with E-state index < -0.39 is 6.10 Å². The fourth-order valence-corrected chi connectivity index (χ4v) is 3.51. The third-order valence-electron chi connectivity index (χ3n) is 4.55. The molecule has 0 spiro atoms. The van der Waals surface area contributed by atoms with E-state index in [0.717, 1.165) is 22.5 Å². The van der Waals surface area contributed by atoms with Crippen LogP contribution < -0.4 is 5.73 Å². The standard InChI is InChI=1S/C17H25N3O/c1-12(21)17-19-15-11-13(18)9-10-16(15)20(17)14-7-5-3-2-4-6-8-14/h9-12,14,21H,2-8,18H2,1H3. The number of hydrogen-bond donors (Lipinski definition) is 2. The van der Waals surface area contributed by atoms with Crippen LogP contribution in [0, 0.1) is 0 Å². The van der Waals surface area contributed by atoms with Crippen molar-refractivity contribution in [3.63, 3.8) is 0 Å². The van der Waals surface area contributed by atoms with Gasteiger partial charge in [-0.2, -0.15) is 0 Å². The number of aliphatic hydroxyl groups is 1. The van der Waals surface area contributed by atoms with Gasteiger partial charge in [0.15, 0.2) is 0 Å². The Hall–Kier alpha value is -1.55. The van der Waals surface area contributed by atoms with Crippen LogP contribution in [0.1, 0.15) is 69.8 Å². The monoisotopic (exact) mass is 287 g/mol. The summed E-state index contributed by atoms with van der Waals surface area (Å²) >= 11 is 0. The van der Waals surface area contributed by atoms with Gasteiger partial charge in [-0.15, -0.1) is 0 Å². The van der Waals surface area contributed by atoms with Crippen molar-refractivity contribution in [2.75, 3.05) is 5.73 Å². The summed E-state index contributed by atoms with van der Waals surface area (Å²) in [5.41, 5.74) is 8.59. The molecule has 114 valence electrons. The number of hydrogen-bond acceptors (Lipinski definition) is 3. The lowest BCUT2D eigenvalue weighted by Gasteiger charge is -2.24. The number of aliphatic hydroxyl groups excluding tert-OH is 1. The zero-order chi connectivity index (χ0) is 14.8. The number of rotatable bonds is 2. The van der Waals surface area contributed by atoms with Crippen LogP contribution in [0.5, 0.6) is 0 Å². The first-order valence-corrected chi connectivity index (χ1v) is 8.12. The maximum absolute atomic E-state index is 10.1. The lowest BCUT2D eigenvalue weighted by atomic mass is 9.96. The summed E-state index contributed by atoms with van der Waals surface area (Å²) in [6.07, 6.45) is 8.32. The van der Waals surface area contributed by atoms with Gasteiger partial charge in [-0.1, -0.05) is 32.1 Å². The Morgan fingerprint density at radius 3 is 2.52 bits per heavy atom. The number of nitrogens with zero attached hydrogens (tertiary/aromatic N) is 2. The summed E-state index contributed by atoms with van der Waals surface area (Å²) in [5, 5.41) is 10.1. The average molecular weight is 287 g/mol. The third-order valence-corrected chi connectivity index (χ3v) is 4.55. The minimum absolute atomic E-state index is 0.448. The van der Waals surface area contributed by atoms with Gasteiger partial charge < -0.3 is 15.4 Å². The first-order valence-electron chi connectivity index (χ1n) is 8.12. The van der Waals surface area contributed by atoms with Gasteiger partial charge in [-0.25, -0.2) is 4.98 Å². The maximum atomic E-state index is 10.1. The van der Waals surface area contributed by atoms with E-state index in [9.17, 15) is 5.11 Å². The highest BCUT2D eigenvalue weighted by atomic mass is 16.3. The Balaban J connectivity index is 2.07. The molecule has 0 amide bonds. The molecule has 4 nitrogen and oxygen atoms in total. The van der Waals surface area contributed by atoms with Gasteiger partial charge in [0.1, 0.15) is 11.9 Å². The van der Waals surface area contributed by atoms with Gasteiger partial charge >= 0.3 is 0 Å². The van der Waals surface area contributed by atoms with Gasteiger partial charge in [0, 0.05) is 11.7 Å². The summed E-state index contributed by atoms with van der Waals surface area (Å²) in [5.74, 6) is 0.779. The SMILES string of the molecule is CC(O)c1nc2cc(N)ccc2n1C1CCCCCCC1. The first-order chi connectivity index (χ1) is 10.2. The molecule has 1 aromatic heterocycles. The fourth-order valence-electron chi connectivity index (χ4n) is 3.51. The minimum Gasteiger partial charge on any atom is -0.399 e. The van der Waals surface area contributed by atoms with Crippen molar-refractivity contribution in [3.8, 4) is 0 Å². The number of anilines is 1. The fraction of sp³-hybridized carbons (Fsp3) is 0.588. The topological polar surface area (TPSA) is 64.1 Å². The Kier molecular flexibility index (Phi) is 4.15. The van der Waals surface area contributed by atoms with Crippen molar-refractivity contribution in [1.29, 1.82) is 0 Å². The molecular formula is C17H25N3O. The van der Waals surface area contributed by atoms with Crippen molar-refractivity contribution in [3.05, 3.63) is 24.0 Å². The second kappa shape index (κ2) is 6.06. The predicted molar refractivity (Wildman–Crippen MR) is 86.1 cm³/mol. The van der Waals surface area contributed by atoms with Gasteiger partial charge in [-0.3, -0.25) is 0 Å². The highest BCUT2D eigenvalue weighted by Crippen LogP contribution is 2.33. The predicted octanol–water partition coefficient (Wildman–Crippen LogP) is 3.96. The molecule has 0 radical (unpaired) electrons. The smallest absolute Gasteiger partial charge is 0.138 e. The summed E-state index contributed by atoms with van der Waals surface area (Å²) in [4.78, 5) is 4.64. The van der Waals surface area contributed by atoms with E-state index in [2.05, 4.69) is 9.55 Å². The van der Waals surface area contributed by atoms with Crippen molar-refractivity contribution >= 4 is 16.7 Å². The van der Waals surface area contributed by atoms with E-state index in [0.29, 0.717) is 6.04 Å². The van der Waals surface area contributed by atoms with E-state index in [-0.39, 0.29) is 0 Å². The highest BCUT2D eigenvalue weighted by molar-refractivity contribution is 5.80. The van der Waals surface area contributed by atoms with E-state index in [1.807, 2.05) is 18.2 Å². The first kappa shape index (κ1) is 14.4. The average Bonchev–Trinajstić information content (AvgIpc) is 2.77. The molecule has 1 aromatic carbocycles. The van der Waals surface area contributed by atoms with E-state index in [1.165, 1.54) is 44.9 Å². The molecule has 1 aliphatic carbocycles. The van der Waals surface area contributed by atoms with Crippen LogP contribution in [0.15, 0.2) is 18.2 Å². The highest BCUT2D eigenvalue weighted by Gasteiger charge is 2.22. The van der Waals surface area contributed by atoms with Crippen LogP contribution in [0.3, 0.4) is 0 Å². The van der Waals surface area contributed by atoms with E-state index in [1.54, 1.807) is 6.92 Å². The van der Waals surface area contributed by atoms with Crippen LogP contribution in [0.2, 0.25) is 0 Å². The summed E-state index contributed by atoms with van der Waals surface area (Å²) in [6.45, 7) is 1.80. The zero-order valence-electron chi connectivity index (χ0n) is 12.8. The maximum Gasteiger partial charge on any atom is 0.138 e. The van der Waals surface area contributed by atoms with Crippen molar-refractivity contribution in [2.45, 2.75) is 64.0 Å². The van der Waals surface area contributed by atoms with Gasteiger partial charge in [0.25, 0.3) is 0 Å². The summed E-state index contributed by atoms with van der Waals surface area (Å²) in [6, 6.07) is 6.32. The van der Waals surface area contributed by atoms with Crippen LogP contribution in [-0.4, -0.2) is 14.7 Å².